The lowest BCUT2D eigenvalue weighted by Crippen LogP contribution is -2.15. The number of nitrogen functional groups attached to an aromatic ring is 1. The van der Waals surface area contributed by atoms with Gasteiger partial charge in [-0.25, -0.2) is 4.68 Å². The highest BCUT2D eigenvalue weighted by Crippen LogP contribution is 2.34. The van der Waals surface area contributed by atoms with Crippen molar-refractivity contribution < 1.29 is 13.2 Å². The van der Waals surface area contributed by atoms with Crippen LogP contribution in [0.3, 0.4) is 0 Å². The molecule has 114 valence electrons. The van der Waals surface area contributed by atoms with Crippen molar-refractivity contribution in [3.8, 4) is 5.82 Å². The second kappa shape index (κ2) is 5.21. The Balaban J connectivity index is 1.92. The maximum atomic E-state index is 13.0. The maximum absolute atomic E-state index is 13.0. The standard InChI is InChI=1S/C14H12F3N5/c15-14(16,17)13-11(18)8-19-22(13)12-6-7-21(20-12)9-10-4-2-1-3-5-10/h1-8H,9,18H2. The third-order valence-electron chi connectivity index (χ3n) is 3.10. The first kappa shape index (κ1) is 14.2. The Morgan fingerprint density at radius 2 is 1.82 bits per heavy atom. The van der Waals surface area contributed by atoms with E-state index in [2.05, 4.69) is 10.2 Å². The van der Waals surface area contributed by atoms with E-state index in [1.54, 1.807) is 10.9 Å². The van der Waals surface area contributed by atoms with Crippen molar-refractivity contribution in [3.63, 3.8) is 0 Å². The molecular formula is C14H12F3N5. The Bertz CT molecular complexity index is 773. The van der Waals surface area contributed by atoms with E-state index in [-0.39, 0.29) is 5.82 Å². The van der Waals surface area contributed by atoms with Crippen LogP contribution in [0.2, 0.25) is 0 Å². The topological polar surface area (TPSA) is 61.7 Å². The molecular weight excluding hydrogens is 295 g/mol. The third-order valence-corrected chi connectivity index (χ3v) is 3.10. The first-order chi connectivity index (χ1) is 10.4. The van der Waals surface area contributed by atoms with Crippen LogP contribution in [0.15, 0.2) is 48.8 Å². The molecule has 2 aromatic heterocycles. The van der Waals surface area contributed by atoms with Gasteiger partial charge in [-0.05, 0) is 5.56 Å². The molecule has 0 unspecified atom stereocenters. The van der Waals surface area contributed by atoms with E-state index in [0.29, 0.717) is 11.2 Å². The molecule has 0 aliphatic heterocycles. The predicted octanol–water partition coefficient (Wildman–Crippen LogP) is 2.72. The van der Waals surface area contributed by atoms with Crippen molar-refractivity contribution in [1.29, 1.82) is 0 Å². The van der Waals surface area contributed by atoms with Crippen molar-refractivity contribution in [2.75, 3.05) is 5.73 Å². The van der Waals surface area contributed by atoms with Gasteiger partial charge >= 0.3 is 6.18 Å². The number of benzene rings is 1. The normalized spacial score (nSPS) is 11.8. The van der Waals surface area contributed by atoms with Gasteiger partial charge < -0.3 is 5.73 Å². The van der Waals surface area contributed by atoms with E-state index in [4.69, 9.17) is 5.73 Å². The number of rotatable bonds is 3. The number of nitrogens with zero attached hydrogens (tertiary/aromatic N) is 4. The summed E-state index contributed by atoms with van der Waals surface area (Å²) in [6.45, 7) is 0.457. The van der Waals surface area contributed by atoms with Gasteiger partial charge in [0, 0.05) is 12.3 Å². The summed E-state index contributed by atoms with van der Waals surface area (Å²) < 4.78 is 41.3. The van der Waals surface area contributed by atoms with Crippen molar-refractivity contribution >= 4 is 5.69 Å². The quantitative estimate of drug-likeness (QED) is 0.809. The number of hydrogen-bond acceptors (Lipinski definition) is 3. The van der Waals surface area contributed by atoms with Crippen LogP contribution in [-0.4, -0.2) is 19.6 Å². The number of hydrogen-bond donors (Lipinski definition) is 1. The van der Waals surface area contributed by atoms with Crippen LogP contribution in [-0.2, 0) is 12.7 Å². The monoisotopic (exact) mass is 307 g/mol. The smallest absolute Gasteiger partial charge is 0.396 e. The van der Waals surface area contributed by atoms with Crippen LogP contribution in [0, 0.1) is 0 Å². The summed E-state index contributed by atoms with van der Waals surface area (Å²) in [7, 11) is 0. The summed E-state index contributed by atoms with van der Waals surface area (Å²) in [5.41, 5.74) is 4.91. The van der Waals surface area contributed by atoms with Crippen molar-refractivity contribution in [3.05, 3.63) is 60.0 Å². The van der Waals surface area contributed by atoms with Crippen molar-refractivity contribution in [2.45, 2.75) is 12.7 Å². The first-order valence-electron chi connectivity index (χ1n) is 6.43. The molecule has 5 nitrogen and oxygen atoms in total. The fourth-order valence-electron chi connectivity index (χ4n) is 2.14. The SMILES string of the molecule is Nc1cnn(-c2ccn(Cc3ccccc3)n2)c1C(F)(F)F. The van der Waals surface area contributed by atoms with Gasteiger partial charge in [0.15, 0.2) is 11.5 Å². The molecule has 22 heavy (non-hydrogen) atoms. The highest BCUT2D eigenvalue weighted by atomic mass is 19.4. The van der Waals surface area contributed by atoms with Gasteiger partial charge in [0.05, 0.1) is 18.4 Å². The second-order valence-electron chi connectivity index (χ2n) is 4.72. The lowest BCUT2D eigenvalue weighted by molar-refractivity contribution is -0.142. The average Bonchev–Trinajstić information content (AvgIpc) is 3.05. The minimum Gasteiger partial charge on any atom is -0.396 e. The summed E-state index contributed by atoms with van der Waals surface area (Å²) in [5.74, 6) is 0.0694. The molecule has 0 saturated carbocycles. The summed E-state index contributed by atoms with van der Waals surface area (Å²) in [4.78, 5) is 0. The molecule has 0 bridgehead atoms. The minimum atomic E-state index is -4.59. The molecule has 3 rings (SSSR count). The Kier molecular flexibility index (Phi) is 3.36. The number of halogens is 3. The molecule has 1 aromatic carbocycles. The maximum Gasteiger partial charge on any atom is 0.435 e. The van der Waals surface area contributed by atoms with Gasteiger partial charge in [0.1, 0.15) is 0 Å². The van der Waals surface area contributed by atoms with E-state index in [1.807, 2.05) is 30.3 Å². The predicted molar refractivity (Wildman–Crippen MR) is 74.3 cm³/mol. The Labute approximate surface area is 123 Å². The molecule has 2 N–H and O–H groups in total. The highest BCUT2D eigenvalue weighted by molar-refractivity contribution is 5.45. The fourth-order valence-corrected chi connectivity index (χ4v) is 2.14. The second-order valence-corrected chi connectivity index (χ2v) is 4.72. The number of nitrogens with two attached hydrogens (primary N) is 1. The fraction of sp³-hybridized carbons (Fsp3) is 0.143. The molecule has 0 saturated heterocycles. The average molecular weight is 307 g/mol. The zero-order valence-corrected chi connectivity index (χ0v) is 11.3. The molecule has 8 heteroatoms. The van der Waals surface area contributed by atoms with Crippen molar-refractivity contribution in [2.24, 2.45) is 0 Å². The lowest BCUT2D eigenvalue weighted by Gasteiger charge is -2.09. The van der Waals surface area contributed by atoms with Crippen LogP contribution in [0.4, 0.5) is 18.9 Å². The van der Waals surface area contributed by atoms with Gasteiger partial charge in [0.25, 0.3) is 0 Å². The molecule has 2 heterocycles. The molecule has 0 spiro atoms. The Morgan fingerprint density at radius 3 is 2.50 bits per heavy atom. The van der Waals surface area contributed by atoms with Gasteiger partial charge in [-0.15, -0.1) is 0 Å². The largest absolute Gasteiger partial charge is 0.435 e. The molecule has 0 atom stereocenters. The van der Waals surface area contributed by atoms with Gasteiger partial charge in [-0.3, -0.25) is 4.68 Å². The van der Waals surface area contributed by atoms with Crippen LogP contribution in [0.1, 0.15) is 11.3 Å². The third kappa shape index (κ3) is 2.67. The summed E-state index contributed by atoms with van der Waals surface area (Å²) in [6, 6.07) is 10.9. The van der Waals surface area contributed by atoms with E-state index in [9.17, 15) is 13.2 Å². The molecule has 0 aliphatic rings. The van der Waals surface area contributed by atoms with E-state index >= 15 is 0 Å². The molecule has 0 fully saturated rings. The summed E-state index contributed by atoms with van der Waals surface area (Å²) in [6.07, 6.45) is -2.02. The van der Waals surface area contributed by atoms with E-state index < -0.39 is 17.6 Å². The molecule has 0 radical (unpaired) electrons. The number of anilines is 1. The van der Waals surface area contributed by atoms with Crippen LogP contribution >= 0.6 is 0 Å². The van der Waals surface area contributed by atoms with Gasteiger partial charge in [-0.2, -0.15) is 23.4 Å². The zero-order chi connectivity index (χ0) is 15.7. The molecule has 0 aliphatic carbocycles. The number of alkyl halides is 3. The van der Waals surface area contributed by atoms with Gasteiger partial charge in [-0.1, -0.05) is 30.3 Å². The van der Waals surface area contributed by atoms with E-state index in [0.717, 1.165) is 11.8 Å². The van der Waals surface area contributed by atoms with Crippen LogP contribution in [0.25, 0.3) is 5.82 Å². The van der Waals surface area contributed by atoms with Gasteiger partial charge in [0.2, 0.25) is 0 Å². The highest BCUT2D eigenvalue weighted by Gasteiger charge is 2.38. The Morgan fingerprint density at radius 1 is 1.09 bits per heavy atom. The number of aromatic nitrogens is 4. The minimum absolute atomic E-state index is 0.0694. The first-order valence-corrected chi connectivity index (χ1v) is 6.43. The molecule has 3 aromatic rings. The van der Waals surface area contributed by atoms with Crippen LogP contribution < -0.4 is 5.73 Å². The Hall–Kier alpha value is -2.77. The lowest BCUT2D eigenvalue weighted by atomic mass is 10.2. The van der Waals surface area contributed by atoms with Crippen molar-refractivity contribution in [1.82, 2.24) is 19.6 Å². The van der Waals surface area contributed by atoms with E-state index in [1.165, 1.54) is 6.07 Å². The van der Waals surface area contributed by atoms with Crippen LogP contribution in [0.5, 0.6) is 0 Å². The summed E-state index contributed by atoms with van der Waals surface area (Å²) >= 11 is 0. The summed E-state index contributed by atoms with van der Waals surface area (Å²) in [5, 5.41) is 7.79. The zero-order valence-electron chi connectivity index (χ0n) is 11.3. The molecule has 0 amide bonds.